The number of hydrogen-bond donors (Lipinski definition) is 0. The van der Waals surface area contributed by atoms with Gasteiger partial charge in [-0.05, 0) is 18.4 Å². The maximum atomic E-state index is 9.14. The van der Waals surface area contributed by atoms with Crippen LogP contribution in [0, 0.1) is 17.2 Å². The van der Waals surface area contributed by atoms with E-state index in [1.807, 2.05) is 24.3 Å². The van der Waals surface area contributed by atoms with E-state index in [1.54, 1.807) is 6.07 Å². The fraction of sp³-hybridized carbons (Fsp3) is 0.333. The molecule has 3 nitrogen and oxygen atoms in total. The second-order valence-electron chi connectivity index (χ2n) is 4.67. The van der Waals surface area contributed by atoms with Gasteiger partial charge in [0.25, 0.3) is 0 Å². The van der Waals surface area contributed by atoms with Gasteiger partial charge in [0.2, 0.25) is 5.88 Å². The van der Waals surface area contributed by atoms with Gasteiger partial charge in [-0.3, -0.25) is 0 Å². The lowest BCUT2D eigenvalue weighted by atomic mass is 10.1. The highest BCUT2D eigenvalue weighted by Gasteiger charge is 2.06. The number of aromatic nitrogens is 1. The topological polar surface area (TPSA) is 45.9 Å². The molecule has 0 spiro atoms. The van der Waals surface area contributed by atoms with E-state index in [2.05, 4.69) is 24.9 Å². The number of nitriles is 1. The molecule has 0 aliphatic carbocycles. The zero-order valence-electron chi connectivity index (χ0n) is 10.7. The van der Waals surface area contributed by atoms with Crippen LogP contribution < -0.4 is 4.74 Å². The van der Waals surface area contributed by atoms with Crippen LogP contribution in [0.5, 0.6) is 5.88 Å². The quantitative estimate of drug-likeness (QED) is 0.821. The molecule has 0 atom stereocenters. The van der Waals surface area contributed by atoms with Crippen LogP contribution in [0.15, 0.2) is 30.3 Å². The highest BCUT2D eigenvalue weighted by Crippen LogP contribution is 2.21. The summed E-state index contributed by atoms with van der Waals surface area (Å²) in [6.07, 6.45) is 0.983. The Kier molecular flexibility index (Phi) is 3.78. The zero-order valence-corrected chi connectivity index (χ0v) is 10.7. The van der Waals surface area contributed by atoms with Gasteiger partial charge in [0.05, 0.1) is 17.7 Å². The highest BCUT2D eigenvalue weighted by molar-refractivity contribution is 5.85. The summed E-state index contributed by atoms with van der Waals surface area (Å²) in [5, 5.41) is 10.0. The SMILES string of the molecule is CC(C)CCOc1cc(C#N)c2ccccc2n1. The van der Waals surface area contributed by atoms with E-state index < -0.39 is 0 Å². The van der Waals surface area contributed by atoms with Gasteiger partial charge < -0.3 is 4.74 Å². The number of fused-ring (bicyclic) bond motifs is 1. The number of pyridine rings is 1. The van der Waals surface area contributed by atoms with Crippen molar-refractivity contribution in [2.75, 3.05) is 6.61 Å². The maximum Gasteiger partial charge on any atom is 0.215 e. The molecule has 1 aromatic carbocycles. The Labute approximate surface area is 107 Å². The predicted molar refractivity (Wildman–Crippen MR) is 71.4 cm³/mol. The molecule has 18 heavy (non-hydrogen) atoms. The minimum atomic E-state index is 0.533. The second-order valence-corrected chi connectivity index (χ2v) is 4.67. The van der Waals surface area contributed by atoms with Crippen molar-refractivity contribution < 1.29 is 4.74 Å². The summed E-state index contributed by atoms with van der Waals surface area (Å²) in [5.74, 6) is 1.13. The van der Waals surface area contributed by atoms with Crippen molar-refractivity contribution in [2.24, 2.45) is 5.92 Å². The molecule has 0 amide bonds. The van der Waals surface area contributed by atoms with E-state index in [1.165, 1.54) is 0 Å². The molecular weight excluding hydrogens is 224 g/mol. The molecule has 0 aliphatic heterocycles. The third-order valence-electron chi connectivity index (χ3n) is 2.76. The van der Waals surface area contributed by atoms with Crippen molar-refractivity contribution in [3.8, 4) is 11.9 Å². The molecule has 0 bridgehead atoms. The largest absolute Gasteiger partial charge is 0.478 e. The molecule has 3 heteroatoms. The number of ether oxygens (including phenoxy) is 1. The first-order valence-electron chi connectivity index (χ1n) is 6.13. The maximum absolute atomic E-state index is 9.14. The van der Waals surface area contributed by atoms with Crippen LogP contribution in [-0.4, -0.2) is 11.6 Å². The molecule has 2 aromatic rings. The monoisotopic (exact) mass is 240 g/mol. The molecule has 0 N–H and O–H groups in total. The lowest BCUT2D eigenvalue weighted by Crippen LogP contribution is -2.03. The van der Waals surface area contributed by atoms with Crippen molar-refractivity contribution in [2.45, 2.75) is 20.3 Å². The summed E-state index contributed by atoms with van der Waals surface area (Å²) in [6.45, 7) is 4.93. The van der Waals surface area contributed by atoms with Crippen LogP contribution in [-0.2, 0) is 0 Å². The van der Waals surface area contributed by atoms with Crippen LogP contribution in [0.1, 0.15) is 25.8 Å². The van der Waals surface area contributed by atoms with E-state index in [0.717, 1.165) is 17.3 Å². The molecule has 0 saturated heterocycles. The van der Waals surface area contributed by atoms with Gasteiger partial charge in [-0.1, -0.05) is 32.0 Å². The Morgan fingerprint density at radius 1 is 1.33 bits per heavy atom. The van der Waals surface area contributed by atoms with Crippen LogP contribution in [0.4, 0.5) is 0 Å². The van der Waals surface area contributed by atoms with Crippen molar-refractivity contribution in [1.82, 2.24) is 4.98 Å². The van der Waals surface area contributed by atoms with Gasteiger partial charge in [-0.2, -0.15) is 5.26 Å². The molecule has 0 radical (unpaired) electrons. The van der Waals surface area contributed by atoms with Gasteiger partial charge in [-0.25, -0.2) is 4.98 Å². The summed E-state index contributed by atoms with van der Waals surface area (Å²) in [6, 6.07) is 11.5. The van der Waals surface area contributed by atoms with Crippen LogP contribution in [0.25, 0.3) is 10.9 Å². The van der Waals surface area contributed by atoms with Crippen molar-refractivity contribution in [3.05, 3.63) is 35.9 Å². The van der Waals surface area contributed by atoms with E-state index in [-0.39, 0.29) is 0 Å². The van der Waals surface area contributed by atoms with Gasteiger partial charge in [0.1, 0.15) is 6.07 Å². The lowest BCUT2D eigenvalue weighted by molar-refractivity contribution is 0.280. The molecule has 0 unspecified atom stereocenters. The number of nitrogens with zero attached hydrogens (tertiary/aromatic N) is 2. The number of rotatable bonds is 4. The second kappa shape index (κ2) is 5.50. The Balaban J connectivity index is 2.27. The van der Waals surface area contributed by atoms with Crippen LogP contribution >= 0.6 is 0 Å². The molecule has 0 saturated carbocycles. The predicted octanol–water partition coefficient (Wildman–Crippen LogP) is 3.53. The van der Waals surface area contributed by atoms with E-state index >= 15 is 0 Å². The van der Waals surface area contributed by atoms with E-state index in [4.69, 9.17) is 10.00 Å². The minimum Gasteiger partial charge on any atom is -0.478 e. The Morgan fingerprint density at radius 2 is 2.11 bits per heavy atom. The molecule has 1 heterocycles. The van der Waals surface area contributed by atoms with Crippen LogP contribution in [0.3, 0.4) is 0 Å². The number of para-hydroxylation sites is 1. The van der Waals surface area contributed by atoms with Gasteiger partial charge in [0.15, 0.2) is 0 Å². The summed E-state index contributed by atoms with van der Waals surface area (Å²) in [5.41, 5.74) is 1.41. The van der Waals surface area contributed by atoms with Crippen molar-refractivity contribution in [1.29, 1.82) is 5.26 Å². The van der Waals surface area contributed by atoms with E-state index in [9.17, 15) is 0 Å². The molecular formula is C15H16N2O. The normalized spacial score (nSPS) is 10.6. The Hall–Kier alpha value is -2.08. The third-order valence-corrected chi connectivity index (χ3v) is 2.76. The van der Waals surface area contributed by atoms with E-state index in [0.29, 0.717) is 24.0 Å². The third kappa shape index (κ3) is 2.78. The fourth-order valence-electron chi connectivity index (χ4n) is 1.72. The Morgan fingerprint density at radius 3 is 2.83 bits per heavy atom. The summed E-state index contributed by atoms with van der Waals surface area (Å²) in [4.78, 5) is 4.41. The molecule has 2 rings (SSSR count). The first kappa shape index (κ1) is 12.4. The van der Waals surface area contributed by atoms with Gasteiger partial charge in [-0.15, -0.1) is 0 Å². The smallest absolute Gasteiger partial charge is 0.215 e. The van der Waals surface area contributed by atoms with Gasteiger partial charge in [0, 0.05) is 11.5 Å². The van der Waals surface area contributed by atoms with Crippen molar-refractivity contribution >= 4 is 10.9 Å². The zero-order chi connectivity index (χ0) is 13.0. The number of benzene rings is 1. The summed E-state index contributed by atoms with van der Waals surface area (Å²) < 4.78 is 5.61. The molecule has 0 fully saturated rings. The number of hydrogen-bond acceptors (Lipinski definition) is 3. The molecule has 0 aliphatic rings. The van der Waals surface area contributed by atoms with Crippen molar-refractivity contribution in [3.63, 3.8) is 0 Å². The summed E-state index contributed by atoms with van der Waals surface area (Å²) >= 11 is 0. The Bertz CT molecular complexity index is 585. The fourth-order valence-corrected chi connectivity index (χ4v) is 1.72. The average Bonchev–Trinajstić information content (AvgIpc) is 2.37. The van der Waals surface area contributed by atoms with Gasteiger partial charge >= 0.3 is 0 Å². The molecule has 1 aromatic heterocycles. The summed E-state index contributed by atoms with van der Waals surface area (Å²) in [7, 11) is 0. The standard InChI is InChI=1S/C15H16N2O/c1-11(2)7-8-18-15-9-12(10-16)13-5-3-4-6-14(13)17-15/h3-6,9,11H,7-8H2,1-2H3. The highest BCUT2D eigenvalue weighted by atomic mass is 16.5. The first-order valence-corrected chi connectivity index (χ1v) is 6.13. The van der Waals surface area contributed by atoms with Crippen LogP contribution in [0.2, 0.25) is 0 Å². The average molecular weight is 240 g/mol. The first-order chi connectivity index (χ1) is 8.70. The molecule has 92 valence electrons. The lowest BCUT2D eigenvalue weighted by Gasteiger charge is -2.08. The minimum absolute atomic E-state index is 0.533.